The van der Waals surface area contributed by atoms with Crippen molar-refractivity contribution in [1.82, 2.24) is 19.6 Å². The molecule has 3 atom stereocenters. The molecule has 4 aliphatic rings. The normalized spacial score (nSPS) is 22.1. The van der Waals surface area contributed by atoms with Crippen LogP contribution in [0, 0.1) is 11.8 Å². The van der Waals surface area contributed by atoms with E-state index in [-0.39, 0.29) is 54.0 Å². The Hall–Kier alpha value is -3.78. The molecule has 14 heteroatoms. The highest BCUT2D eigenvalue weighted by molar-refractivity contribution is 9.10. The Kier molecular flexibility index (Phi) is 11.6. The molecule has 50 heavy (non-hydrogen) atoms. The maximum absolute atomic E-state index is 14.1. The number of urea groups is 1. The number of benzene rings is 2. The number of carbonyl (C=O) groups excluding carboxylic acids is 4. The summed E-state index contributed by atoms with van der Waals surface area (Å²) in [7, 11) is 6.02. The predicted molar refractivity (Wildman–Crippen MR) is 192 cm³/mol. The molecule has 2 aromatic rings. The van der Waals surface area contributed by atoms with E-state index in [0.717, 1.165) is 43.6 Å². The number of halogens is 1. The Morgan fingerprint density at radius 1 is 1.00 bits per heavy atom. The van der Waals surface area contributed by atoms with Crippen LogP contribution < -0.4 is 10.8 Å². The van der Waals surface area contributed by atoms with Crippen molar-refractivity contribution in [2.75, 3.05) is 64.3 Å². The van der Waals surface area contributed by atoms with Crippen LogP contribution in [0.5, 0.6) is 5.75 Å². The van der Waals surface area contributed by atoms with E-state index in [9.17, 15) is 24.3 Å². The van der Waals surface area contributed by atoms with Crippen LogP contribution in [-0.4, -0.2) is 128 Å². The second-order valence-corrected chi connectivity index (χ2v) is 14.6. The Morgan fingerprint density at radius 3 is 2.48 bits per heavy atom. The minimum Gasteiger partial charge on any atom is -0.507 e. The van der Waals surface area contributed by atoms with Gasteiger partial charge in [0.1, 0.15) is 13.6 Å². The van der Waals surface area contributed by atoms with E-state index in [4.69, 9.17) is 17.3 Å². The molecule has 2 radical (unpaired) electrons. The average Bonchev–Trinajstić information content (AvgIpc) is 3.74. The highest BCUT2D eigenvalue weighted by Gasteiger charge is 2.40. The van der Waals surface area contributed by atoms with Crippen molar-refractivity contribution in [3.8, 4) is 5.75 Å². The average molecular weight is 751 g/mol. The number of para-hydroxylation sites is 1. The second-order valence-electron chi connectivity index (χ2n) is 13.8. The van der Waals surface area contributed by atoms with Gasteiger partial charge in [0.25, 0.3) is 5.91 Å². The van der Waals surface area contributed by atoms with Crippen molar-refractivity contribution in [1.29, 1.82) is 0 Å². The summed E-state index contributed by atoms with van der Waals surface area (Å²) in [5.74, 6) is 0.0714. The quantitative estimate of drug-likeness (QED) is 0.295. The Balaban J connectivity index is 1.08. The zero-order valence-corrected chi connectivity index (χ0v) is 30.1. The molecule has 266 valence electrons. The molecule has 2 N–H and O–H groups in total. The molecule has 0 aromatic heterocycles. The van der Waals surface area contributed by atoms with Crippen LogP contribution in [0.2, 0.25) is 0 Å². The Bertz CT molecular complexity index is 1560. The number of fused-ring (bicyclic) bond motifs is 1. The molecule has 0 bridgehead atoms. The molecule has 12 nitrogen and oxygen atoms in total. The number of anilines is 1. The van der Waals surface area contributed by atoms with Crippen LogP contribution >= 0.6 is 15.9 Å². The van der Waals surface area contributed by atoms with Crippen LogP contribution in [0.3, 0.4) is 0 Å². The van der Waals surface area contributed by atoms with Gasteiger partial charge in [0.05, 0.1) is 17.6 Å². The summed E-state index contributed by atoms with van der Waals surface area (Å²) in [5.41, 5.74) is 2.74. The summed E-state index contributed by atoms with van der Waals surface area (Å²) < 4.78 is 11.5. The van der Waals surface area contributed by atoms with Gasteiger partial charge < -0.3 is 34.6 Å². The van der Waals surface area contributed by atoms with Gasteiger partial charge in [0, 0.05) is 57.4 Å². The van der Waals surface area contributed by atoms with Crippen molar-refractivity contribution in [2.45, 2.75) is 57.6 Å². The lowest BCUT2D eigenvalue weighted by molar-refractivity contribution is -0.144. The number of amides is 4. The zero-order chi connectivity index (χ0) is 35.4. The van der Waals surface area contributed by atoms with Crippen molar-refractivity contribution in [3.05, 3.63) is 52.0 Å². The first-order chi connectivity index (χ1) is 24.1. The van der Waals surface area contributed by atoms with Crippen LogP contribution in [-0.2, 0) is 31.9 Å². The highest BCUT2D eigenvalue weighted by atomic mass is 79.9. The van der Waals surface area contributed by atoms with Gasteiger partial charge in [0.2, 0.25) is 0 Å². The summed E-state index contributed by atoms with van der Waals surface area (Å²) in [4.78, 5) is 60.2. The summed E-state index contributed by atoms with van der Waals surface area (Å²) >= 11 is 3.33. The molecule has 0 aliphatic carbocycles. The lowest BCUT2D eigenvalue weighted by atomic mass is 9.91. The molecule has 0 saturated carbocycles. The number of hydrogen-bond acceptors (Lipinski definition) is 8. The number of hydrogen-bond donors (Lipinski definition) is 2. The summed E-state index contributed by atoms with van der Waals surface area (Å²) in [6, 6.07) is 10.9. The molecule has 0 spiro atoms. The van der Waals surface area contributed by atoms with Gasteiger partial charge in [-0.1, -0.05) is 29.7 Å². The van der Waals surface area contributed by atoms with E-state index in [0.29, 0.717) is 68.1 Å². The molecule has 3 saturated heterocycles. The fourth-order valence-electron chi connectivity index (χ4n) is 7.84. The number of nitrogens with one attached hydrogen (secondary N) is 1. The molecule has 2 unspecified atom stereocenters. The number of aromatic hydroxyl groups is 1. The lowest BCUT2D eigenvalue weighted by Gasteiger charge is -2.38. The van der Waals surface area contributed by atoms with Crippen LogP contribution in [0.25, 0.3) is 0 Å². The second kappa shape index (κ2) is 16.1. The van der Waals surface area contributed by atoms with Crippen molar-refractivity contribution >= 4 is 58.9 Å². The molecule has 4 aliphatic heterocycles. The number of likely N-dealkylation sites (tertiary alicyclic amines) is 3. The summed E-state index contributed by atoms with van der Waals surface area (Å²) in [6.07, 6.45) is 2.18. The van der Waals surface area contributed by atoms with E-state index in [1.165, 1.54) is 0 Å². The maximum Gasteiger partial charge on any atom is 0.410 e. The minimum atomic E-state index is -1.09. The first-order valence-corrected chi connectivity index (χ1v) is 18.4. The number of carbonyl (C=O) groups is 4. The largest absolute Gasteiger partial charge is 0.507 e. The third-order valence-electron chi connectivity index (χ3n) is 10.6. The predicted octanol–water partition coefficient (Wildman–Crippen LogP) is 3.28. The van der Waals surface area contributed by atoms with E-state index >= 15 is 0 Å². The van der Waals surface area contributed by atoms with E-state index in [1.807, 2.05) is 29.2 Å². The maximum atomic E-state index is 14.1. The molecule has 6 rings (SSSR count). The topological polar surface area (TPSA) is 132 Å². The molecule has 2 aromatic carbocycles. The van der Waals surface area contributed by atoms with E-state index < -0.39 is 12.2 Å². The smallest absolute Gasteiger partial charge is 0.410 e. The number of phenols is 1. The van der Waals surface area contributed by atoms with Crippen molar-refractivity contribution in [3.63, 3.8) is 0 Å². The SMILES string of the molecule is [B]c1cc(C[C@@H](OC(=O)N2CCC(N3CCc4ccccc4NC3=O)CC2)C(=O)N2CCC(C3CCN(CC(=O)OCC)C3)C2)cc(Br)c1O. The number of phenolic OH excluding ortho intramolecular Hbond substituents is 1. The minimum absolute atomic E-state index is 0.0200. The summed E-state index contributed by atoms with van der Waals surface area (Å²) in [5, 5.41) is 13.2. The number of piperidine rings is 1. The molecular formula is C36H45BBrN5O7. The number of esters is 1. The zero-order valence-electron chi connectivity index (χ0n) is 28.5. The first-order valence-electron chi connectivity index (χ1n) is 17.6. The van der Waals surface area contributed by atoms with Crippen LogP contribution in [0.4, 0.5) is 15.3 Å². The molecule has 3 fully saturated rings. The van der Waals surface area contributed by atoms with Crippen molar-refractivity contribution in [2.24, 2.45) is 11.8 Å². The highest BCUT2D eigenvalue weighted by Crippen LogP contribution is 2.32. The molecular weight excluding hydrogens is 705 g/mol. The van der Waals surface area contributed by atoms with Gasteiger partial charge in [-0.05, 0) is 96.6 Å². The van der Waals surface area contributed by atoms with Crippen molar-refractivity contribution < 1.29 is 33.8 Å². The van der Waals surface area contributed by atoms with Gasteiger partial charge in [-0.25, -0.2) is 9.59 Å². The van der Waals surface area contributed by atoms with E-state index in [1.54, 1.807) is 28.9 Å². The molecule has 4 heterocycles. The third-order valence-corrected chi connectivity index (χ3v) is 11.2. The van der Waals surface area contributed by atoms with Gasteiger partial charge >= 0.3 is 18.1 Å². The van der Waals surface area contributed by atoms with Crippen LogP contribution in [0.15, 0.2) is 40.9 Å². The standard InChI is InChI=1S/C36H45BBrN5O7/c1-2-49-32(44)22-40-12-7-25(20-40)26-8-13-42(21-26)34(46)31(19-23-17-28(37)33(45)29(38)18-23)50-36(48)41-14-10-27(11-15-41)43-16-9-24-5-3-4-6-30(24)39-35(43)47/h3-6,17-18,25-27,31,45H,2,7-16,19-22H2,1H3,(H,39,47)/t25?,26?,31-/m1/s1. The van der Waals surface area contributed by atoms with Gasteiger partial charge in [0.15, 0.2) is 6.10 Å². The molecule has 4 amide bonds. The number of ether oxygens (including phenoxy) is 2. The Labute approximate surface area is 302 Å². The van der Waals surface area contributed by atoms with Gasteiger partial charge in [-0.15, -0.1) is 0 Å². The Morgan fingerprint density at radius 2 is 1.72 bits per heavy atom. The van der Waals surface area contributed by atoms with Gasteiger partial charge in [-0.2, -0.15) is 0 Å². The fraction of sp³-hybridized carbons (Fsp3) is 0.556. The third kappa shape index (κ3) is 8.39. The monoisotopic (exact) mass is 749 g/mol. The lowest BCUT2D eigenvalue weighted by Crippen LogP contribution is -2.51. The fourth-order valence-corrected chi connectivity index (χ4v) is 8.36. The summed E-state index contributed by atoms with van der Waals surface area (Å²) in [6.45, 7) is 6.55. The van der Waals surface area contributed by atoms with Crippen LogP contribution in [0.1, 0.15) is 43.7 Å². The first kappa shape index (κ1) is 36.0. The number of nitrogens with zero attached hydrogens (tertiary/aromatic N) is 4. The van der Waals surface area contributed by atoms with E-state index in [2.05, 4.69) is 26.1 Å². The van der Waals surface area contributed by atoms with Gasteiger partial charge in [-0.3, -0.25) is 14.5 Å². The number of rotatable bonds is 9.